The lowest BCUT2D eigenvalue weighted by Gasteiger charge is -2.42. The number of anilines is 1. The summed E-state index contributed by atoms with van der Waals surface area (Å²) in [4.78, 5) is 23.7. The number of rotatable bonds is 7. The van der Waals surface area contributed by atoms with E-state index >= 15 is 0 Å². The van der Waals surface area contributed by atoms with Gasteiger partial charge in [-0.3, -0.25) is 4.79 Å². The van der Waals surface area contributed by atoms with E-state index in [0.717, 1.165) is 54.4 Å². The number of fused-ring (bicyclic) bond motifs is 2. The van der Waals surface area contributed by atoms with Gasteiger partial charge in [0.15, 0.2) is 0 Å². The van der Waals surface area contributed by atoms with Crippen LogP contribution in [0.15, 0.2) is 49.1 Å². The van der Waals surface area contributed by atoms with Crippen molar-refractivity contribution >= 4 is 22.5 Å². The van der Waals surface area contributed by atoms with Crippen molar-refractivity contribution in [2.45, 2.75) is 51.1 Å². The van der Waals surface area contributed by atoms with Crippen molar-refractivity contribution in [3.05, 3.63) is 65.7 Å². The number of ether oxygens (including phenoxy) is 1. The summed E-state index contributed by atoms with van der Waals surface area (Å²) in [5.74, 6) is 0.788. The Balaban J connectivity index is 1.45. The van der Waals surface area contributed by atoms with E-state index in [1.807, 2.05) is 0 Å². The Kier molecular flexibility index (Phi) is 8.06. The van der Waals surface area contributed by atoms with Gasteiger partial charge in [0.2, 0.25) is 11.8 Å². The Bertz CT molecular complexity index is 1650. The van der Waals surface area contributed by atoms with Crippen molar-refractivity contribution in [2.75, 3.05) is 44.7 Å². The molecular weight excluding hydrogens is 536 g/mol. The number of likely N-dealkylation sites (N-methyl/N-ethyl adjacent to an activating group) is 1. The molecule has 220 valence electrons. The molecule has 0 N–H and O–H groups in total. The third kappa shape index (κ3) is 5.44. The first-order chi connectivity index (χ1) is 20.9. The number of carbonyl (C=O) groups excluding carboxylic acids is 1. The first kappa shape index (κ1) is 28.7. The molecule has 0 radical (unpaired) electrons. The van der Waals surface area contributed by atoms with Crippen LogP contribution in [0, 0.1) is 28.6 Å². The average molecular weight is 575 g/mol. The second kappa shape index (κ2) is 12.1. The van der Waals surface area contributed by atoms with E-state index in [0.29, 0.717) is 43.6 Å². The van der Waals surface area contributed by atoms with Gasteiger partial charge in [-0.1, -0.05) is 43.8 Å². The minimum atomic E-state index is -0.316. The fourth-order valence-electron chi connectivity index (χ4n) is 7.17. The maximum atomic E-state index is 12.6. The molecule has 2 saturated heterocycles. The Morgan fingerprint density at radius 1 is 1.16 bits per heavy atom. The fourth-order valence-corrected chi connectivity index (χ4v) is 7.17. The summed E-state index contributed by atoms with van der Waals surface area (Å²) in [7, 11) is 2.11. The monoisotopic (exact) mass is 574 g/mol. The number of amides is 1. The van der Waals surface area contributed by atoms with E-state index in [4.69, 9.17) is 9.72 Å². The van der Waals surface area contributed by atoms with Crippen molar-refractivity contribution in [1.29, 1.82) is 10.5 Å². The Labute approximate surface area is 253 Å². The largest absolute Gasteiger partial charge is 0.475 e. The highest BCUT2D eigenvalue weighted by atomic mass is 16.5. The first-order valence-corrected chi connectivity index (χ1v) is 15.3. The molecule has 2 aromatic carbocycles. The number of pyridine rings is 1. The highest BCUT2D eigenvalue weighted by molar-refractivity contribution is 5.98. The van der Waals surface area contributed by atoms with Crippen LogP contribution in [0.25, 0.3) is 22.0 Å². The van der Waals surface area contributed by atoms with Crippen LogP contribution in [-0.2, 0) is 17.6 Å². The molecule has 1 aromatic heterocycles. The van der Waals surface area contributed by atoms with Gasteiger partial charge in [-0.2, -0.15) is 10.5 Å². The second-order valence-electron chi connectivity index (χ2n) is 12.2. The summed E-state index contributed by atoms with van der Waals surface area (Å²) >= 11 is 0. The minimum Gasteiger partial charge on any atom is -0.475 e. The molecule has 2 aliphatic heterocycles. The molecule has 6 rings (SSSR count). The number of hydrogen-bond acceptors (Lipinski definition) is 7. The molecule has 1 amide bonds. The summed E-state index contributed by atoms with van der Waals surface area (Å²) in [6.07, 6.45) is 5.84. The molecule has 1 unspecified atom stereocenters. The first-order valence-electron chi connectivity index (χ1n) is 15.3. The van der Waals surface area contributed by atoms with Gasteiger partial charge in [-0.15, -0.1) is 0 Å². The van der Waals surface area contributed by atoms with E-state index in [-0.39, 0.29) is 24.4 Å². The molecule has 8 nitrogen and oxygen atoms in total. The predicted octanol–water partition coefficient (Wildman–Crippen LogP) is 5.10. The molecule has 43 heavy (non-hydrogen) atoms. The van der Waals surface area contributed by atoms with Gasteiger partial charge in [-0.05, 0) is 79.6 Å². The van der Waals surface area contributed by atoms with Crippen LogP contribution in [0.4, 0.5) is 5.69 Å². The molecule has 1 aliphatic carbocycles. The van der Waals surface area contributed by atoms with Gasteiger partial charge in [0.25, 0.3) is 0 Å². The SMILES string of the molecule is C=CC(=O)N1CCN(c2c(C#N)c(OC[C@@H]3CCCN3C)nc3cc(-c4cccc5c4CC(C)C5)ccc23)C[C@@H]1CC#N. The summed E-state index contributed by atoms with van der Waals surface area (Å²) < 4.78 is 6.37. The lowest BCUT2D eigenvalue weighted by Crippen LogP contribution is -2.55. The zero-order valence-corrected chi connectivity index (χ0v) is 25.1. The summed E-state index contributed by atoms with van der Waals surface area (Å²) in [6.45, 7) is 8.82. The number of piperazine rings is 1. The fraction of sp³-hybridized carbons (Fsp3) is 0.429. The number of nitriles is 2. The van der Waals surface area contributed by atoms with Crippen molar-refractivity contribution in [3.63, 3.8) is 0 Å². The second-order valence-corrected chi connectivity index (χ2v) is 12.2. The summed E-state index contributed by atoms with van der Waals surface area (Å²) in [5, 5.41) is 20.9. The number of aromatic nitrogens is 1. The van der Waals surface area contributed by atoms with Gasteiger partial charge < -0.3 is 19.4 Å². The van der Waals surface area contributed by atoms with Crippen LogP contribution in [-0.4, -0.2) is 72.6 Å². The third-order valence-corrected chi connectivity index (χ3v) is 9.41. The predicted molar refractivity (Wildman–Crippen MR) is 168 cm³/mol. The van der Waals surface area contributed by atoms with E-state index in [2.05, 4.69) is 78.9 Å². The van der Waals surface area contributed by atoms with Gasteiger partial charge >= 0.3 is 0 Å². The maximum Gasteiger partial charge on any atom is 0.246 e. The minimum absolute atomic E-state index is 0.181. The van der Waals surface area contributed by atoms with Crippen LogP contribution >= 0.6 is 0 Å². The van der Waals surface area contributed by atoms with Gasteiger partial charge in [0, 0.05) is 31.1 Å². The summed E-state index contributed by atoms with van der Waals surface area (Å²) in [5.41, 5.74) is 7.09. The number of benzene rings is 2. The maximum absolute atomic E-state index is 12.6. The number of likely N-dealkylation sites (tertiary alicyclic amines) is 1. The molecule has 8 heteroatoms. The van der Waals surface area contributed by atoms with E-state index in [9.17, 15) is 15.3 Å². The smallest absolute Gasteiger partial charge is 0.246 e. The standard InChI is InChI=1S/C35H38N6O2/c1-4-33(42)41-16-15-40(21-26(41)12-13-36)34-29-11-10-25(28-9-5-7-24-17-23(2)18-30(24)28)19-32(29)38-35(31(34)20-37)43-22-27-8-6-14-39(27)3/h4-5,7,9-11,19,23,26-27H,1,6,8,12,14-18,21-22H2,2-3H3/t23?,26-,27-/m0/s1. The topological polar surface area (TPSA) is 96.5 Å². The molecule has 0 saturated carbocycles. The van der Waals surface area contributed by atoms with Crippen molar-refractivity contribution in [2.24, 2.45) is 5.92 Å². The number of carbonyl (C=O) groups is 1. The number of nitrogens with zero attached hydrogens (tertiary/aromatic N) is 6. The van der Waals surface area contributed by atoms with Crippen LogP contribution < -0.4 is 9.64 Å². The highest BCUT2D eigenvalue weighted by Gasteiger charge is 2.33. The number of hydrogen-bond donors (Lipinski definition) is 0. The van der Waals surface area contributed by atoms with Crippen LogP contribution in [0.2, 0.25) is 0 Å². The normalized spacial score (nSPS) is 21.8. The van der Waals surface area contributed by atoms with Crippen molar-refractivity contribution in [1.82, 2.24) is 14.8 Å². The molecular formula is C35H38N6O2. The Morgan fingerprint density at radius 3 is 2.77 bits per heavy atom. The molecule has 0 bridgehead atoms. The van der Waals surface area contributed by atoms with Crippen LogP contribution in [0.5, 0.6) is 5.88 Å². The molecule has 3 aromatic rings. The summed E-state index contributed by atoms with van der Waals surface area (Å²) in [6, 6.07) is 17.5. The zero-order chi connectivity index (χ0) is 30.1. The van der Waals surface area contributed by atoms with Gasteiger partial charge in [-0.25, -0.2) is 4.98 Å². The zero-order valence-electron chi connectivity index (χ0n) is 25.1. The lowest BCUT2D eigenvalue weighted by molar-refractivity contribution is -0.128. The molecule has 3 aliphatic rings. The molecule has 3 heterocycles. The van der Waals surface area contributed by atoms with Crippen molar-refractivity contribution in [3.8, 4) is 29.1 Å². The van der Waals surface area contributed by atoms with Crippen molar-refractivity contribution < 1.29 is 9.53 Å². The Hall–Kier alpha value is -4.40. The van der Waals surface area contributed by atoms with E-state index in [1.165, 1.54) is 22.8 Å². The average Bonchev–Trinajstić information content (AvgIpc) is 3.62. The molecule has 2 fully saturated rings. The Morgan fingerprint density at radius 2 is 2.02 bits per heavy atom. The molecule has 3 atom stereocenters. The van der Waals surface area contributed by atoms with Crippen LogP contribution in [0.3, 0.4) is 0 Å². The lowest BCUT2D eigenvalue weighted by atomic mass is 9.95. The highest BCUT2D eigenvalue weighted by Crippen LogP contribution is 2.40. The van der Waals surface area contributed by atoms with E-state index in [1.54, 1.807) is 4.90 Å². The van der Waals surface area contributed by atoms with Gasteiger partial charge in [0.05, 0.1) is 29.7 Å². The van der Waals surface area contributed by atoms with Gasteiger partial charge in [0.1, 0.15) is 18.2 Å². The van der Waals surface area contributed by atoms with Crippen LogP contribution in [0.1, 0.15) is 42.9 Å². The quantitative estimate of drug-likeness (QED) is 0.362. The molecule has 0 spiro atoms. The third-order valence-electron chi connectivity index (χ3n) is 9.41. The van der Waals surface area contributed by atoms with E-state index < -0.39 is 0 Å².